The Labute approximate surface area is 112 Å². The highest BCUT2D eigenvalue weighted by molar-refractivity contribution is 5.80. The summed E-state index contributed by atoms with van der Waals surface area (Å²) in [5, 5.41) is 9.20. The highest BCUT2D eigenvalue weighted by Gasteiger charge is 2.47. The lowest BCUT2D eigenvalue weighted by Gasteiger charge is -2.37. The van der Waals surface area contributed by atoms with Crippen molar-refractivity contribution in [2.24, 2.45) is 0 Å². The van der Waals surface area contributed by atoms with Crippen LogP contribution in [-0.4, -0.2) is 42.1 Å². The summed E-state index contributed by atoms with van der Waals surface area (Å²) in [6.07, 6.45) is 4.80. The number of methoxy groups -OCH3 is 1. The molecule has 0 radical (unpaired) electrons. The van der Waals surface area contributed by atoms with Crippen LogP contribution in [-0.2, 0) is 23.8 Å². The van der Waals surface area contributed by atoms with Crippen molar-refractivity contribution in [3.8, 4) is 0 Å². The molecule has 2 rings (SSSR count). The number of hydrogen-bond acceptors (Lipinski definition) is 5. The highest BCUT2D eigenvalue weighted by atomic mass is 16.7. The average Bonchev–Trinajstić information content (AvgIpc) is 2.78. The molecule has 6 nitrogen and oxygen atoms in total. The molecule has 2 aliphatic carbocycles. The van der Waals surface area contributed by atoms with Gasteiger partial charge in [0.2, 0.25) is 0 Å². The number of rotatable bonds is 6. The predicted molar refractivity (Wildman–Crippen MR) is 64.5 cm³/mol. The van der Waals surface area contributed by atoms with Gasteiger partial charge in [-0.05, 0) is 44.9 Å². The Kier molecular flexibility index (Phi) is 4.10. The summed E-state index contributed by atoms with van der Waals surface area (Å²) in [5.41, 5.74) is -2.02. The fraction of sp³-hybridized carbons (Fsp3) is 0.846. The first-order valence-electron chi connectivity index (χ1n) is 6.64. The molecule has 0 heterocycles. The zero-order valence-corrected chi connectivity index (χ0v) is 11.1. The maximum atomic E-state index is 11.9. The molecule has 2 saturated carbocycles. The summed E-state index contributed by atoms with van der Waals surface area (Å²) >= 11 is 0. The van der Waals surface area contributed by atoms with Gasteiger partial charge < -0.3 is 19.3 Å². The zero-order valence-electron chi connectivity index (χ0n) is 11.1. The molecule has 0 bridgehead atoms. The first-order chi connectivity index (χ1) is 9.05. The van der Waals surface area contributed by atoms with Gasteiger partial charge in [-0.2, -0.15) is 0 Å². The second-order valence-electron chi connectivity index (χ2n) is 5.25. The number of hydrogen-bond donors (Lipinski definition) is 1. The fourth-order valence-corrected chi connectivity index (χ4v) is 2.68. The van der Waals surface area contributed by atoms with Crippen LogP contribution >= 0.6 is 0 Å². The second-order valence-corrected chi connectivity index (χ2v) is 5.25. The van der Waals surface area contributed by atoms with E-state index in [-0.39, 0.29) is 6.79 Å². The minimum absolute atomic E-state index is 0.323. The van der Waals surface area contributed by atoms with Crippen LogP contribution in [0.25, 0.3) is 0 Å². The normalized spacial score (nSPS) is 23.6. The molecule has 108 valence electrons. The van der Waals surface area contributed by atoms with Gasteiger partial charge in [0.1, 0.15) is 0 Å². The van der Waals surface area contributed by atoms with Crippen LogP contribution in [0.3, 0.4) is 0 Å². The number of carboxylic acids is 1. The third-order valence-corrected chi connectivity index (χ3v) is 4.25. The Bertz CT molecular complexity index is 349. The average molecular weight is 272 g/mol. The molecule has 0 amide bonds. The van der Waals surface area contributed by atoms with Crippen LogP contribution in [0, 0.1) is 0 Å². The maximum absolute atomic E-state index is 11.9. The van der Waals surface area contributed by atoms with Gasteiger partial charge in [-0.3, -0.25) is 0 Å². The van der Waals surface area contributed by atoms with Crippen LogP contribution in [0.2, 0.25) is 0 Å². The number of carbonyl (C=O) groups is 2. The summed E-state index contributed by atoms with van der Waals surface area (Å²) in [7, 11) is 1.48. The Hall–Kier alpha value is -1.14. The van der Waals surface area contributed by atoms with Crippen molar-refractivity contribution in [1.82, 2.24) is 0 Å². The molecular weight excluding hydrogens is 252 g/mol. The minimum Gasteiger partial charge on any atom is -0.479 e. The van der Waals surface area contributed by atoms with E-state index in [0.717, 1.165) is 19.3 Å². The SMILES string of the molecule is COC1(C(=O)OCOC2(C(=O)O)CCCC2)CCC1. The van der Waals surface area contributed by atoms with E-state index in [4.69, 9.17) is 14.2 Å². The highest BCUT2D eigenvalue weighted by Crippen LogP contribution is 2.37. The third kappa shape index (κ3) is 2.60. The first-order valence-corrected chi connectivity index (χ1v) is 6.64. The van der Waals surface area contributed by atoms with Gasteiger partial charge in [0.15, 0.2) is 18.0 Å². The molecule has 2 fully saturated rings. The smallest absolute Gasteiger partial charge is 0.340 e. The van der Waals surface area contributed by atoms with Gasteiger partial charge in [0.05, 0.1) is 0 Å². The zero-order chi connectivity index (χ0) is 13.9. The Morgan fingerprint density at radius 2 is 1.63 bits per heavy atom. The molecule has 2 aliphatic rings. The van der Waals surface area contributed by atoms with Crippen molar-refractivity contribution < 1.29 is 28.9 Å². The largest absolute Gasteiger partial charge is 0.479 e. The number of aliphatic carboxylic acids is 1. The summed E-state index contributed by atoms with van der Waals surface area (Å²) in [5.74, 6) is -1.44. The van der Waals surface area contributed by atoms with Crippen LogP contribution in [0.15, 0.2) is 0 Å². The first kappa shape index (κ1) is 14.3. The summed E-state index contributed by atoms with van der Waals surface area (Å²) in [6, 6.07) is 0. The van der Waals surface area contributed by atoms with Gasteiger partial charge in [-0.1, -0.05) is 0 Å². The fourth-order valence-electron chi connectivity index (χ4n) is 2.68. The van der Waals surface area contributed by atoms with Crippen molar-refractivity contribution in [3.63, 3.8) is 0 Å². The minimum atomic E-state index is -1.18. The van der Waals surface area contributed by atoms with Crippen molar-refractivity contribution in [2.75, 3.05) is 13.9 Å². The lowest BCUT2D eigenvalue weighted by atomic mass is 9.80. The van der Waals surface area contributed by atoms with Crippen LogP contribution in [0.4, 0.5) is 0 Å². The van der Waals surface area contributed by atoms with E-state index in [2.05, 4.69) is 0 Å². The molecule has 6 heteroatoms. The van der Waals surface area contributed by atoms with E-state index in [1.54, 1.807) is 0 Å². The van der Waals surface area contributed by atoms with E-state index in [9.17, 15) is 14.7 Å². The van der Waals surface area contributed by atoms with Gasteiger partial charge >= 0.3 is 11.9 Å². The van der Waals surface area contributed by atoms with Gasteiger partial charge in [-0.15, -0.1) is 0 Å². The molecule has 0 atom stereocenters. The Morgan fingerprint density at radius 3 is 2.05 bits per heavy atom. The molecule has 0 aromatic heterocycles. The molecule has 0 aromatic rings. The summed E-state index contributed by atoms with van der Waals surface area (Å²) < 4.78 is 15.5. The van der Waals surface area contributed by atoms with Crippen molar-refractivity contribution in [2.45, 2.75) is 56.1 Å². The quantitative estimate of drug-likeness (QED) is 0.582. The number of esters is 1. The van der Waals surface area contributed by atoms with Crippen LogP contribution in [0.5, 0.6) is 0 Å². The second kappa shape index (κ2) is 5.46. The molecule has 0 aliphatic heterocycles. The van der Waals surface area contributed by atoms with E-state index >= 15 is 0 Å². The molecule has 0 aromatic carbocycles. The topological polar surface area (TPSA) is 82.1 Å². The van der Waals surface area contributed by atoms with E-state index in [0.29, 0.717) is 25.7 Å². The van der Waals surface area contributed by atoms with E-state index < -0.39 is 23.1 Å². The van der Waals surface area contributed by atoms with Crippen molar-refractivity contribution >= 4 is 11.9 Å². The van der Waals surface area contributed by atoms with Crippen LogP contribution in [0.1, 0.15) is 44.9 Å². The van der Waals surface area contributed by atoms with E-state index in [1.807, 2.05) is 0 Å². The molecule has 19 heavy (non-hydrogen) atoms. The third-order valence-electron chi connectivity index (χ3n) is 4.25. The lowest BCUT2D eigenvalue weighted by Crippen LogP contribution is -2.49. The van der Waals surface area contributed by atoms with Gasteiger partial charge in [0, 0.05) is 7.11 Å². The van der Waals surface area contributed by atoms with Gasteiger partial charge in [0.25, 0.3) is 0 Å². The predicted octanol–water partition coefficient (Wildman–Crippen LogP) is 1.47. The summed E-state index contributed by atoms with van der Waals surface area (Å²) in [6.45, 7) is -0.323. The number of carboxylic acid groups (broad SMARTS) is 1. The van der Waals surface area contributed by atoms with Crippen LogP contribution < -0.4 is 0 Å². The van der Waals surface area contributed by atoms with Crippen molar-refractivity contribution in [1.29, 1.82) is 0 Å². The van der Waals surface area contributed by atoms with Gasteiger partial charge in [-0.25, -0.2) is 9.59 Å². The molecule has 0 saturated heterocycles. The maximum Gasteiger partial charge on any atom is 0.340 e. The van der Waals surface area contributed by atoms with E-state index in [1.165, 1.54) is 7.11 Å². The molecule has 0 spiro atoms. The Balaban J connectivity index is 1.82. The number of carbonyl (C=O) groups excluding carboxylic acids is 1. The standard InChI is InChI=1S/C13H20O6/c1-17-13(7-4-8-13)11(16)18-9-19-12(10(14)15)5-2-3-6-12/h2-9H2,1H3,(H,14,15). The monoisotopic (exact) mass is 272 g/mol. The molecular formula is C13H20O6. The number of ether oxygens (including phenoxy) is 3. The lowest BCUT2D eigenvalue weighted by molar-refractivity contribution is -0.207. The summed E-state index contributed by atoms with van der Waals surface area (Å²) in [4.78, 5) is 23.1. The van der Waals surface area contributed by atoms with Crippen molar-refractivity contribution in [3.05, 3.63) is 0 Å². The molecule has 1 N–H and O–H groups in total. The molecule has 0 unspecified atom stereocenters. The Morgan fingerprint density at radius 1 is 1.05 bits per heavy atom.